The number of amides is 1. The van der Waals surface area contributed by atoms with Gasteiger partial charge in [-0.25, -0.2) is 18.7 Å². The smallest absolute Gasteiger partial charge is 0.410 e. The minimum Gasteiger partial charge on any atom is -0.476 e. The van der Waals surface area contributed by atoms with Crippen molar-refractivity contribution in [2.45, 2.75) is 25.5 Å². The van der Waals surface area contributed by atoms with E-state index in [0.29, 0.717) is 13.1 Å². The number of benzene rings is 1. The fraction of sp³-hybridized carbons (Fsp3) is 0.421. The summed E-state index contributed by atoms with van der Waals surface area (Å²) in [4.78, 5) is 26.8. The number of carbonyl (C=O) groups is 2. The van der Waals surface area contributed by atoms with Gasteiger partial charge in [0.1, 0.15) is 6.61 Å². The van der Waals surface area contributed by atoms with Gasteiger partial charge in [0, 0.05) is 33.2 Å². The molecule has 1 aliphatic heterocycles. The number of aromatic nitrogens is 2. The number of carbonyl (C=O) groups excluding carboxylic acids is 1. The zero-order chi connectivity index (χ0) is 20.3. The topological polar surface area (TPSA) is 87.9 Å². The van der Waals surface area contributed by atoms with Gasteiger partial charge in [0.05, 0.1) is 0 Å². The molecule has 2 aromatic rings. The van der Waals surface area contributed by atoms with Gasteiger partial charge in [0.15, 0.2) is 11.6 Å². The Morgan fingerprint density at radius 3 is 2.71 bits per heavy atom. The summed E-state index contributed by atoms with van der Waals surface area (Å²) in [6.45, 7) is 1.11. The van der Waals surface area contributed by atoms with Gasteiger partial charge in [-0.1, -0.05) is 30.3 Å². The van der Waals surface area contributed by atoms with Crippen molar-refractivity contribution in [3.63, 3.8) is 0 Å². The maximum Gasteiger partial charge on any atom is 0.410 e. The molecule has 1 N–H and O–H groups in total. The summed E-state index contributed by atoms with van der Waals surface area (Å²) >= 11 is 0. The number of rotatable bonds is 5. The summed E-state index contributed by atoms with van der Waals surface area (Å²) in [5.74, 6) is -2.20. The molecule has 1 aromatic heterocycles. The molecule has 9 heteroatoms. The Hall–Kier alpha value is -3.10. The highest BCUT2D eigenvalue weighted by Crippen LogP contribution is 2.26. The van der Waals surface area contributed by atoms with E-state index in [9.17, 15) is 14.0 Å². The first-order valence-corrected chi connectivity index (χ1v) is 9.02. The van der Waals surface area contributed by atoms with Gasteiger partial charge in [0.2, 0.25) is 5.69 Å². The second kappa shape index (κ2) is 8.28. The Morgan fingerprint density at radius 1 is 1.36 bits per heavy atom. The SMILES string of the molecule is CN(c1c(F)c(C(=O)O)nn1C)[C@H]1CCCN(C(=O)OCc2ccccc2)C1. The highest BCUT2D eigenvalue weighted by atomic mass is 19.1. The monoisotopic (exact) mass is 390 g/mol. The van der Waals surface area contributed by atoms with Gasteiger partial charge in [-0.05, 0) is 18.4 Å². The Balaban J connectivity index is 1.66. The van der Waals surface area contributed by atoms with Crippen molar-refractivity contribution < 1.29 is 23.8 Å². The van der Waals surface area contributed by atoms with E-state index in [-0.39, 0.29) is 18.5 Å². The van der Waals surface area contributed by atoms with Gasteiger partial charge in [-0.15, -0.1) is 0 Å². The molecule has 1 fully saturated rings. The molecule has 3 rings (SSSR count). The molecular weight excluding hydrogens is 367 g/mol. The molecule has 0 bridgehead atoms. The minimum atomic E-state index is -1.41. The first-order valence-electron chi connectivity index (χ1n) is 9.02. The third-order valence-corrected chi connectivity index (χ3v) is 4.90. The van der Waals surface area contributed by atoms with Crippen LogP contribution in [0.25, 0.3) is 0 Å². The molecule has 2 heterocycles. The van der Waals surface area contributed by atoms with Gasteiger partial charge < -0.3 is 19.6 Å². The van der Waals surface area contributed by atoms with E-state index in [1.807, 2.05) is 30.3 Å². The average molecular weight is 390 g/mol. The lowest BCUT2D eigenvalue weighted by molar-refractivity contribution is 0.0684. The maximum absolute atomic E-state index is 14.5. The molecule has 0 radical (unpaired) electrons. The average Bonchev–Trinajstić information content (AvgIpc) is 3.01. The summed E-state index contributed by atoms with van der Waals surface area (Å²) in [5, 5.41) is 12.8. The van der Waals surface area contributed by atoms with Crippen LogP contribution in [0.3, 0.4) is 0 Å². The summed E-state index contributed by atoms with van der Waals surface area (Å²) < 4.78 is 21.1. The largest absolute Gasteiger partial charge is 0.476 e. The van der Waals surface area contributed by atoms with Crippen molar-refractivity contribution in [1.29, 1.82) is 0 Å². The van der Waals surface area contributed by atoms with E-state index >= 15 is 0 Å². The number of hydrogen-bond donors (Lipinski definition) is 1. The highest BCUT2D eigenvalue weighted by molar-refractivity contribution is 5.87. The first-order chi connectivity index (χ1) is 13.4. The van der Waals surface area contributed by atoms with E-state index in [0.717, 1.165) is 18.4 Å². The lowest BCUT2D eigenvalue weighted by atomic mass is 10.0. The summed E-state index contributed by atoms with van der Waals surface area (Å²) in [5.41, 5.74) is 0.291. The van der Waals surface area contributed by atoms with Gasteiger partial charge in [0.25, 0.3) is 0 Å². The Morgan fingerprint density at radius 2 is 2.07 bits per heavy atom. The highest BCUT2D eigenvalue weighted by Gasteiger charge is 2.32. The van der Waals surface area contributed by atoms with Crippen LogP contribution in [-0.4, -0.2) is 58.0 Å². The normalized spacial score (nSPS) is 16.7. The molecule has 28 heavy (non-hydrogen) atoms. The van der Waals surface area contributed by atoms with Crippen molar-refractivity contribution in [3.05, 3.63) is 47.4 Å². The van der Waals surface area contributed by atoms with Gasteiger partial charge in [-0.3, -0.25) is 0 Å². The lowest BCUT2D eigenvalue weighted by Crippen LogP contribution is -2.49. The number of anilines is 1. The van der Waals surface area contributed by atoms with Crippen LogP contribution in [0.1, 0.15) is 28.9 Å². The molecule has 1 saturated heterocycles. The number of carboxylic acids is 1. The second-order valence-electron chi connectivity index (χ2n) is 6.81. The number of carboxylic acid groups (broad SMARTS) is 1. The predicted octanol–water partition coefficient (Wildman–Crippen LogP) is 2.49. The van der Waals surface area contributed by atoms with E-state index in [2.05, 4.69) is 5.10 Å². The first kappa shape index (κ1) is 19.7. The van der Waals surface area contributed by atoms with Crippen LogP contribution in [0.4, 0.5) is 15.0 Å². The number of nitrogens with zero attached hydrogens (tertiary/aromatic N) is 4. The number of hydrogen-bond acceptors (Lipinski definition) is 5. The molecule has 1 amide bonds. The number of likely N-dealkylation sites (N-methyl/N-ethyl adjacent to an activating group) is 1. The van der Waals surface area contributed by atoms with Gasteiger partial charge >= 0.3 is 12.1 Å². The van der Waals surface area contributed by atoms with Gasteiger partial charge in [-0.2, -0.15) is 5.10 Å². The number of aromatic carboxylic acids is 1. The van der Waals surface area contributed by atoms with Crippen LogP contribution in [0.5, 0.6) is 0 Å². The van der Waals surface area contributed by atoms with Crippen LogP contribution in [0.2, 0.25) is 0 Å². The molecule has 1 atom stereocenters. The van der Waals surface area contributed by atoms with E-state index in [4.69, 9.17) is 9.84 Å². The zero-order valence-corrected chi connectivity index (χ0v) is 15.8. The van der Waals surface area contributed by atoms with E-state index in [1.54, 1.807) is 16.8 Å². The Bertz CT molecular complexity index is 855. The molecule has 1 aromatic carbocycles. The molecule has 8 nitrogen and oxygen atoms in total. The van der Waals surface area contributed by atoms with Crippen molar-refractivity contribution >= 4 is 17.9 Å². The van der Waals surface area contributed by atoms with Crippen LogP contribution in [-0.2, 0) is 18.4 Å². The Labute approximate surface area is 162 Å². The number of piperidine rings is 1. The molecule has 0 spiro atoms. The molecule has 0 unspecified atom stereocenters. The van der Waals surface area contributed by atoms with E-state index < -0.39 is 23.6 Å². The number of likely N-dealkylation sites (tertiary alicyclic amines) is 1. The van der Waals surface area contributed by atoms with Crippen molar-refractivity contribution in [2.24, 2.45) is 7.05 Å². The van der Waals surface area contributed by atoms with Crippen molar-refractivity contribution in [2.75, 3.05) is 25.0 Å². The molecule has 0 aliphatic carbocycles. The lowest BCUT2D eigenvalue weighted by Gasteiger charge is -2.37. The molecule has 150 valence electrons. The van der Waals surface area contributed by atoms with Crippen LogP contribution < -0.4 is 4.90 Å². The Kier molecular flexibility index (Phi) is 5.81. The molecule has 1 aliphatic rings. The molecular formula is C19H23FN4O4. The number of ether oxygens (including phenoxy) is 1. The van der Waals surface area contributed by atoms with E-state index in [1.165, 1.54) is 11.7 Å². The number of aryl methyl sites for hydroxylation is 1. The summed E-state index contributed by atoms with van der Waals surface area (Å²) in [7, 11) is 3.17. The number of halogens is 1. The second-order valence-corrected chi connectivity index (χ2v) is 6.81. The quantitative estimate of drug-likeness (QED) is 0.844. The van der Waals surface area contributed by atoms with Crippen LogP contribution in [0, 0.1) is 5.82 Å². The fourth-order valence-corrected chi connectivity index (χ4v) is 3.43. The van der Waals surface area contributed by atoms with Crippen molar-refractivity contribution in [3.8, 4) is 0 Å². The third-order valence-electron chi connectivity index (χ3n) is 4.90. The van der Waals surface area contributed by atoms with Crippen molar-refractivity contribution in [1.82, 2.24) is 14.7 Å². The summed E-state index contributed by atoms with van der Waals surface area (Å²) in [6, 6.07) is 9.23. The third kappa shape index (κ3) is 4.08. The zero-order valence-electron chi connectivity index (χ0n) is 15.8. The minimum absolute atomic E-state index is 0.0851. The standard InChI is InChI=1S/C19H23FN4O4/c1-22(17-15(20)16(18(25)26)21-23(17)2)14-9-6-10-24(11-14)19(27)28-12-13-7-4-3-5-8-13/h3-5,7-8,14H,6,9-12H2,1-2H3,(H,25,26)/t14-/m0/s1. The van der Waals surface area contributed by atoms with Crippen LogP contribution in [0.15, 0.2) is 30.3 Å². The maximum atomic E-state index is 14.5. The summed E-state index contributed by atoms with van der Waals surface area (Å²) in [6.07, 6.45) is 1.06. The fourth-order valence-electron chi connectivity index (χ4n) is 3.43. The predicted molar refractivity (Wildman–Crippen MR) is 99.8 cm³/mol. The van der Waals surface area contributed by atoms with Crippen LogP contribution >= 0.6 is 0 Å². The molecule has 0 saturated carbocycles.